The van der Waals surface area contributed by atoms with Crippen molar-refractivity contribution in [3.63, 3.8) is 0 Å². The van der Waals surface area contributed by atoms with Gasteiger partial charge >= 0.3 is 6.18 Å². The summed E-state index contributed by atoms with van der Waals surface area (Å²) in [5.41, 5.74) is 0.794. The lowest BCUT2D eigenvalue weighted by molar-refractivity contribution is -0.137. The first-order valence-electron chi connectivity index (χ1n) is 9.46. The van der Waals surface area contributed by atoms with Crippen molar-refractivity contribution in [3.05, 3.63) is 65.2 Å². The molecule has 0 amide bonds. The normalized spacial score (nSPS) is 17.5. The van der Waals surface area contributed by atoms with Crippen LogP contribution in [0.4, 0.5) is 13.2 Å². The molecule has 0 bridgehead atoms. The van der Waals surface area contributed by atoms with Crippen LogP contribution < -0.4 is 4.74 Å². The molecule has 1 heterocycles. The summed E-state index contributed by atoms with van der Waals surface area (Å²) in [6.45, 7) is 2.38. The summed E-state index contributed by atoms with van der Waals surface area (Å²) < 4.78 is 44.2. The van der Waals surface area contributed by atoms with Crippen LogP contribution in [0, 0.1) is 5.41 Å². The molecular formula is C22H26F3NO2. The molecule has 1 N–H and O–H groups in total. The Hall–Kier alpha value is -2.05. The van der Waals surface area contributed by atoms with E-state index in [4.69, 9.17) is 4.74 Å². The van der Waals surface area contributed by atoms with E-state index in [-0.39, 0.29) is 12.0 Å². The van der Waals surface area contributed by atoms with E-state index in [0.717, 1.165) is 49.9 Å². The van der Waals surface area contributed by atoms with Crippen molar-refractivity contribution in [3.8, 4) is 5.75 Å². The maximum atomic E-state index is 13.0. The zero-order valence-electron chi connectivity index (χ0n) is 16.0. The molecule has 1 fully saturated rings. The highest BCUT2D eigenvalue weighted by Gasteiger charge is 2.35. The quantitative estimate of drug-likeness (QED) is 0.783. The number of aliphatic hydroxyl groups is 1. The van der Waals surface area contributed by atoms with Gasteiger partial charge in [0.1, 0.15) is 5.75 Å². The van der Waals surface area contributed by atoms with Crippen LogP contribution >= 0.6 is 0 Å². The van der Waals surface area contributed by atoms with E-state index in [1.807, 2.05) is 18.2 Å². The van der Waals surface area contributed by atoms with Crippen molar-refractivity contribution in [2.45, 2.75) is 32.0 Å². The second-order valence-electron chi connectivity index (χ2n) is 7.66. The molecule has 0 atom stereocenters. The predicted octanol–water partition coefficient (Wildman–Crippen LogP) is 4.53. The number of halogens is 3. The molecule has 2 aromatic rings. The van der Waals surface area contributed by atoms with Crippen molar-refractivity contribution in [1.29, 1.82) is 0 Å². The van der Waals surface area contributed by atoms with Gasteiger partial charge in [-0.3, -0.25) is 4.90 Å². The molecule has 1 aliphatic rings. The molecule has 3 rings (SSSR count). The van der Waals surface area contributed by atoms with Crippen molar-refractivity contribution in [2.75, 3.05) is 26.8 Å². The van der Waals surface area contributed by atoms with Gasteiger partial charge in [-0.1, -0.05) is 30.3 Å². The topological polar surface area (TPSA) is 32.7 Å². The molecule has 0 aliphatic carbocycles. The Balaban J connectivity index is 1.63. The smallest absolute Gasteiger partial charge is 0.416 e. The third-order valence-electron chi connectivity index (χ3n) is 5.63. The van der Waals surface area contributed by atoms with Crippen LogP contribution in [0.5, 0.6) is 5.75 Å². The van der Waals surface area contributed by atoms with Crippen molar-refractivity contribution in [1.82, 2.24) is 4.90 Å². The second kappa shape index (κ2) is 8.53. The minimum Gasteiger partial charge on any atom is -0.497 e. The van der Waals surface area contributed by atoms with Crippen LogP contribution in [0.1, 0.15) is 29.5 Å². The summed E-state index contributed by atoms with van der Waals surface area (Å²) in [5.74, 6) is 0.823. The van der Waals surface area contributed by atoms with Gasteiger partial charge in [-0.05, 0) is 67.1 Å². The fourth-order valence-corrected chi connectivity index (χ4v) is 3.90. The Labute approximate surface area is 163 Å². The lowest BCUT2D eigenvalue weighted by Crippen LogP contribution is -2.42. The van der Waals surface area contributed by atoms with Gasteiger partial charge in [0, 0.05) is 13.2 Å². The first kappa shape index (κ1) is 20.7. The molecule has 152 valence electrons. The highest BCUT2D eigenvalue weighted by atomic mass is 19.4. The Bertz CT molecular complexity index is 783. The number of hydrogen-bond acceptors (Lipinski definition) is 3. The lowest BCUT2D eigenvalue weighted by atomic mass is 9.74. The zero-order chi connectivity index (χ0) is 20.2. The van der Waals surface area contributed by atoms with E-state index >= 15 is 0 Å². The van der Waals surface area contributed by atoms with Crippen LogP contribution in [-0.2, 0) is 19.1 Å². The molecule has 3 nitrogen and oxygen atoms in total. The van der Waals surface area contributed by atoms with Gasteiger partial charge in [-0.2, -0.15) is 13.2 Å². The average Bonchev–Trinajstić information content (AvgIpc) is 2.69. The van der Waals surface area contributed by atoms with Crippen molar-refractivity contribution < 1.29 is 23.0 Å². The summed E-state index contributed by atoms with van der Waals surface area (Å²) in [5, 5.41) is 10.0. The summed E-state index contributed by atoms with van der Waals surface area (Å²) >= 11 is 0. The van der Waals surface area contributed by atoms with Crippen LogP contribution in [0.3, 0.4) is 0 Å². The minimum absolute atomic E-state index is 0.0176. The molecule has 28 heavy (non-hydrogen) atoms. The third kappa shape index (κ3) is 5.06. The van der Waals surface area contributed by atoms with Gasteiger partial charge in [0.15, 0.2) is 0 Å². The molecule has 0 aromatic heterocycles. The fraction of sp³-hybridized carbons (Fsp3) is 0.455. The van der Waals surface area contributed by atoms with Crippen molar-refractivity contribution >= 4 is 0 Å². The van der Waals surface area contributed by atoms with E-state index in [2.05, 4.69) is 11.0 Å². The van der Waals surface area contributed by atoms with E-state index in [1.165, 1.54) is 12.1 Å². The Morgan fingerprint density at radius 1 is 1.04 bits per heavy atom. The van der Waals surface area contributed by atoms with E-state index in [9.17, 15) is 18.3 Å². The SMILES string of the molecule is COc1cccc(CN2CCC(CO)(Cc3cccc(C(F)(F)F)c3)CC2)c1. The summed E-state index contributed by atoms with van der Waals surface area (Å²) in [6.07, 6.45) is -2.38. The molecule has 0 unspecified atom stereocenters. The number of nitrogens with zero attached hydrogens (tertiary/aromatic N) is 1. The van der Waals surface area contributed by atoms with Gasteiger partial charge in [0.2, 0.25) is 0 Å². The van der Waals surface area contributed by atoms with Crippen LogP contribution in [0.2, 0.25) is 0 Å². The monoisotopic (exact) mass is 393 g/mol. The first-order valence-corrected chi connectivity index (χ1v) is 9.46. The molecule has 6 heteroatoms. The Kier molecular flexibility index (Phi) is 6.30. The summed E-state index contributed by atoms with van der Waals surface area (Å²) in [6, 6.07) is 13.4. The number of alkyl halides is 3. The molecule has 1 aliphatic heterocycles. The molecule has 0 saturated carbocycles. The molecule has 0 spiro atoms. The van der Waals surface area contributed by atoms with E-state index in [0.29, 0.717) is 12.0 Å². The van der Waals surface area contributed by atoms with Crippen LogP contribution in [0.15, 0.2) is 48.5 Å². The maximum absolute atomic E-state index is 13.0. The van der Waals surface area contributed by atoms with Gasteiger partial charge in [-0.15, -0.1) is 0 Å². The van der Waals surface area contributed by atoms with Crippen molar-refractivity contribution in [2.24, 2.45) is 5.41 Å². The van der Waals surface area contributed by atoms with Crippen LogP contribution in [-0.4, -0.2) is 36.8 Å². The largest absolute Gasteiger partial charge is 0.497 e. The van der Waals surface area contributed by atoms with Gasteiger partial charge in [0.05, 0.1) is 12.7 Å². The number of piperidine rings is 1. The van der Waals surface area contributed by atoms with Gasteiger partial charge < -0.3 is 9.84 Å². The highest BCUT2D eigenvalue weighted by Crippen LogP contribution is 2.37. The molecule has 2 aromatic carbocycles. The number of hydrogen-bond donors (Lipinski definition) is 1. The number of likely N-dealkylation sites (tertiary alicyclic amines) is 1. The standard InChI is InChI=1S/C22H26F3NO2/c1-28-20-7-3-5-18(13-20)15-26-10-8-21(16-27,9-11-26)14-17-4-2-6-19(12-17)22(23,24)25/h2-7,12-13,27H,8-11,14-16H2,1H3. The number of aliphatic hydroxyl groups excluding tert-OH is 1. The summed E-state index contributed by atoms with van der Waals surface area (Å²) in [4.78, 5) is 2.31. The highest BCUT2D eigenvalue weighted by molar-refractivity contribution is 5.29. The van der Waals surface area contributed by atoms with Gasteiger partial charge in [0.25, 0.3) is 0 Å². The number of benzene rings is 2. The molecule has 0 radical (unpaired) electrons. The van der Waals surface area contributed by atoms with Gasteiger partial charge in [-0.25, -0.2) is 0 Å². The van der Waals surface area contributed by atoms with Crippen LogP contribution in [0.25, 0.3) is 0 Å². The fourth-order valence-electron chi connectivity index (χ4n) is 3.90. The maximum Gasteiger partial charge on any atom is 0.416 e. The molecular weight excluding hydrogens is 367 g/mol. The number of methoxy groups -OCH3 is 1. The zero-order valence-corrected chi connectivity index (χ0v) is 16.0. The number of rotatable bonds is 6. The first-order chi connectivity index (χ1) is 13.3. The molecule has 1 saturated heterocycles. The second-order valence-corrected chi connectivity index (χ2v) is 7.66. The van der Waals surface area contributed by atoms with E-state index in [1.54, 1.807) is 13.2 Å². The minimum atomic E-state index is -4.34. The Morgan fingerprint density at radius 2 is 1.71 bits per heavy atom. The third-order valence-corrected chi connectivity index (χ3v) is 5.63. The summed E-state index contributed by atoms with van der Waals surface area (Å²) in [7, 11) is 1.64. The Morgan fingerprint density at radius 3 is 2.36 bits per heavy atom. The lowest BCUT2D eigenvalue weighted by Gasteiger charge is -2.41. The average molecular weight is 393 g/mol. The number of ether oxygens (including phenoxy) is 1. The van der Waals surface area contributed by atoms with E-state index < -0.39 is 11.7 Å². The predicted molar refractivity (Wildman–Crippen MR) is 102 cm³/mol.